The number of carboxylic acid groups (broad SMARTS) is 1. The molecule has 2 aromatic heterocycles. The van der Waals surface area contributed by atoms with Gasteiger partial charge in [0.2, 0.25) is 0 Å². The molecule has 2 N–H and O–H groups in total. The van der Waals surface area contributed by atoms with Crippen molar-refractivity contribution >= 4 is 17.4 Å². The molecule has 3 heterocycles. The number of nitriles is 1. The lowest BCUT2D eigenvalue weighted by molar-refractivity contribution is 0.0951. The SMILES string of the molecule is CC(C)(C)C(NC(=O)O)C1CCN(C(C#N)c2cnc(-c3ccccn3)s2)CC1. The van der Waals surface area contributed by atoms with Crippen molar-refractivity contribution in [3.63, 3.8) is 0 Å². The first-order chi connectivity index (χ1) is 13.8. The average molecular weight is 414 g/mol. The Balaban J connectivity index is 1.68. The molecule has 0 saturated carbocycles. The van der Waals surface area contributed by atoms with Gasteiger partial charge in [0, 0.05) is 31.5 Å². The Hall–Kier alpha value is -2.50. The Morgan fingerprint density at radius 3 is 2.62 bits per heavy atom. The Kier molecular flexibility index (Phi) is 6.50. The van der Waals surface area contributed by atoms with Gasteiger partial charge in [0.1, 0.15) is 11.0 Å². The van der Waals surface area contributed by atoms with Crippen LogP contribution in [0.1, 0.15) is 44.5 Å². The number of nitrogens with one attached hydrogen (secondary N) is 1. The Morgan fingerprint density at radius 2 is 2.07 bits per heavy atom. The summed E-state index contributed by atoms with van der Waals surface area (Å²) in [5.41, 5.74) is 0.654. The van der Waals surface area contributed by atoms with Gasteiger partial charge in [-0.25, -0.2) is 9.78 Å². The highest BCUT2D eigenvalue weighted by molar-refractivity contribution is 7.15. The first-order valence-electron chi connectivity index (χ1n) is 9.80. The summed E-state index contributed by atoms with van der Waals surface area (Å²) in [6, 6.07) is 7.68. The molecule has 1 amide bonds. The number of hydrogen-bond donors (Lipinski definition) is 2. The second-order valence-corrected chi connectivity index (χ2v) is 9.54. The van der Waals surface area contributed by atoms with Crippen LogP contribution in [-0.4, -0.2) is 45.2 Å². The molecule has 2 aromatic rings. The Labute approximate surface area is 175 Å². The topological polar surface area (TPSA) is 102 Å². The smallest absolute Gasteiger partial charge is 0.404 e. The van der Waals surface area contributed by atoms with Gasteiger partial charge >= 0.3 is 6.09 Å². The zero-order valence-corrected chi connectivity index (χ0v) is 17.8. The van der Waals surface area contributed by atoms with E-state index < -0.39 is 6.09 Å². The number of thiazole rings is 1. The fraction of sp³-hybridized carbons (Fsp3) is 0.524. The highest BCUT2D eigenvalue weighted by Gasteiger charge is 2.37. The first-order valence-corrected chi connectivity index (χ1v) is 10.6. The second-order valence-electron chi connectivity index (χ2n) is 8.48. The minimum atomic E-state index is -0.978. The zero-order valence-electron chi connectivity index (χ0n) is 17.0. The molecule has 0 aliphatic carbocycles. The third-order valence-electron chi connectivity index (χ3n) is 5.42. The maximum atomic E-state index is 11.2. The van der Waals surface area contributed by atoms with E-state index in [-0.39, 0.29) is 23.4 Å². The van der Waals surface area contributed by atoms with Crippen LogP contribution in [0.3, 0.4) is 0 Å². The maximum Gasteiger partial charge on any atom is 0.404 e. The summed E-state index contributed by atoms with van der Waals surface area (Å²) in [7, 11) is 0. The predicted octanol–water partition coefficient (Wildman–Crippen LogP) is 4.16. The van der Waals surface area contributed by atoms with E-state index in [1.54, 1.807) is 12.4 Å². The highest BCUT2D eigenvalue weighted by Crippen LogP contribution is 2.36. The summed E-state index contributed by atoms with van der Waals surface area (Å²) in [6.07, 6.45) is 4.24. The Morgan fingerprint density at radius 1 is 1.34 bits per heavy atom. The summed E-state index contributed by atoms with van der Waals surface area (Å²) in [4.78, 5) is 23.1. The fourth-order valence-corrected chi connectivity index (χ4v) is 5.00. The van der Waals surface area contributed by atoms with Gasteiger partial charge in [-0.15, -0.1) is 11.3 Å². The van der Waals surface area contributed by atoms with Gasteiger partial charge in [-0.05, 0) is 36.3 Å². The van der Waals surface area contributed by atoms with Crippen LogP contribution >= 0.6 is 11.3 Å². The van der Waals surface area contributed by atoms with Gasteiger partial charge in [-0.3, -0.25) is 9.88 Å². The number of piperidine rings is 1. The second kappa shape index (κ2) is 8.89. The summed E-state index contributed by atoms with van der Waals surface area (Å²) in [5, 5.41) is 22.6. The molecule has 1 fully saturated rings. The van der Waals surface area contributed by atoms with E-state index in [1.165, 1.54) is 11.3 Å². The van der Waals surface area contributed by atoms with Gasteiger partial charge in [0.25, 0.3) is 0 Å². The Bertz CT molecular complexity index is 863. The number of aromatic nitrogens is 2. The van der Waals surface area contributed by atoms with Crippen LogP contribution in [0, 0.1) is 22.7 Å². The van der Waals surface area contributed by atoms with Crippen LogP contribution in [0.25, 0.3) is 10.7 Å². The summed E-state index contributed by atoms with van der Waals surface area (Å²) in [5.74, 6) is 0.257. The number of hydrogen-bond acceptors (Lipinski definition) is 6. The molecule has 2 atom stereocenters. The molecule has 1 saturated heterocycles. The molecule has 1 aliphatic rings. The molecule has 0 bridgehead atoms. The normalized spacial score (nSPS) is 18.0. The zero-order chi connectivity index (χ0) is 21.0. The number of carbonyl (C=O) groups is 1. The molecule has 154 valence electrons. The lowest BCUT2D eigenvalue weighted by Crippen LogP contribution is -2.51. The van der Waals surface area contributed by atoms with Crippen molar-refractivity contribution in [3.05, 3.63) is 35.5 Å². The fourth-order valence-electron chi connectivity index (χ4n) is 4.03. The standard InChI is InChI=1S/C21H27N5O2S/c1-21(2,3)18(25-20(27)28)14-7-10-26(11-8-14)16(12-22)17-13-24-19(29-17)15-6-4-5-9-23-15/h4-6,9,13-14,16,18,25H,7-8,10-11H2,1-3H3,(H,27,28). The molecule has 3 rings (SSSR count). The van der Waals surface area contributed by atoms with Gasteiger partial charge < -0.3 is 10.4 Å². The van der Waals surface area contributed by atoms with E-state index in [2.05, 4.69) is 47.0 Å². The van der Waals surface area contributed by atoms with Crippen molar-refractivity contribution in [2.75, 3.05) is 13.1 Å². The quantitative estimate of drug-likeness (QED) is 0.763. The molecule has 2 unspecified atom stereocenters. The number of amides is 1. The van der Waals surface area contributed by atoms with E-state index in [4.69, 9.17) is 0 Å². The van der Waals surface area contributed by atoms with E-state index in [1.807, 2.05) is 18.2 Å². The summed E-state index contributed by atoms with van der Waals surface area (Å²) < 4.78 is 0. The van der Waals surface area contributed by atoms with Crippen LogP contribution in [0.2, 0.25) is 0 Å². The lowest BCUT2D eigenvalue weighted by atomic mass is 9.75. The van der Waals surface area contributed by atoms with Crippen LogP contribution in [-0.2, 0) is 0 Å². The molecule has 1 aliphatic heterocycles. The van der Waals surface area contributed by atoms with Crippen molar-refractivity contribution in [2.24, 2.45) is 11.3 Å². The van der Waals surface area contributed by atoms with E-state index in [0.717, 1.165) is 41.5 Å². The maximum absolute atomic E-state index is 11.2. The first kappa shape index (κ1) is 21.2. The molecular weight excluding hydrogens is 386 g/mol. The van der Waals surface area contributed by atoms with Crippen molar-refractivity contribution in [3.8, 4) is 16.8 Å². The van der Waals surface area contributed by atoms with E-state index in [0.29, 0.717) is 0 Å². The third kappa shape index (κ3) is 5.11. The van der Waals surface area contributed by atoms with E-state index in [9.17, 15) is 15.2 Å². The molecular formula is C21H27N5O2S. The monoisotopic (exact) mass is 413 g/mol. The van der Waals surface area contributed by atoms with Crippen molar-refractivity contribution in [1.82, 2.24) is 20.2 Å². The minimum absolute atomic E-state index is 0.109. The number of nitrogens with zero attached hydrogens (tertiary/aromatic N) is 4. The number of pyridine rings is 1. The molecule has 0 radical (unpaired) electrons. The van der Waals surface area contributed by atoms with Crippen molar-refractivity contribution in [2.45, 2.75) is 45.7 Å². The van der Waals surface area contributed by atoms with Crippen LogP contribution < -0.4 is 5.32 Å². The van der Waals surface area contributed by atoms with Gasteiger partial charge in [-0.1, -0.05) is 26.8 Å². The third-order valence-corrected chi connectivity index (χ3v) is 6.49. The predicted molar refractivity (Wildman–Crippen MR) is 112 cm³/mol. The average Bonchev–Trinajstić information content (AvgIpc) is 3.17. The van der Waals surface area contributed by atoms with E-state index >= 15 is 0 Å². The molecule has 0 spiro atoms. The molecule has 8 heteroatoms. The van der Waals surface area contributed by atoms with Gasteiger partial charge in [-0.2, -0.15) is 5.26 Å². The summed E-state index contributed by atoms with van der Waals surface area (Å²) >= 11 is 1.50. The van der Waals surface area contributed by atoms with Crippen LogP contribution in [0.15, 0.2) is 30.6 Å². The highest BCUT2D eigenvalue weighted by atomic mass is 32.1. The van der Waals surface area contributed by atoms with Gasteiger partial charge in [0.05, 0.1) is 16.6 Å². The van der Waals surface area contributed by atoms with Crippen molar-refractivity contribution < 1.29 is 9.90 Å². The van der Waals surface area contributed by atoms with Crippen LogP contribution in [0.5, 0.6) is 0 Å². The lowest BCUT2D eigenvalue weighted by Gasteiger charge is -2.42. The molecule has 7 nitrogen and oxygen atoms in total. The van der Waals surface area contributed by atoms with Crippen molar-refractivity contribution in [1.29, 1.82) is 5.26 Å². The van der Waals surface area contributed by atoms with Gasteiger partial charge in [0.15, 0.2) is 0 Å². The number of rotatable bonds is 5. The minimum Gasteiger partial charge on any atom is -0.465 e. The van der Waals surface area contributed by atoms with Crippen LogP contribution in [0.4, 0.5) is 4.79 Å². The summed E-state index contributed by atoms with van der Waals surface area (Å²) in [6.45, 7) is 7.71. The number of likely N-dealkylation sites (tertiary alicyclic amines) is 1. The largest absolute Gasteiger partial charge is 0.465 e. The molecule has 29 heavy (non-hydrogen) atoms. The molecule has 0 aromatic carbocycles.